The predicted octanol–water partition coefficient (Wildman–Crippen LogP) is 3.46. The molecule has 1 aromatic carbocycles. The second-order valence-corrected chi connectivity index (χ2v) is 6.96. The Bertz CT molecular complexity index is 424. The van der Waals surface area contributed by atoms with E-state index < -0.39 is 0 Å². The van der Waals surface area contributed by atoms with E-state index in [1.807, 2.05) is 0 Å². The zero-order valence-electron chi connectivity index (χ0n) is 13.0. The molecule has 3 atom stereocenters. The third kappa shape index (κ3) is 2.91. The van der Waals surface area contributed by atoms with Gasteiger partial charge in [0.05, 0.1) is 0 Å². The Morgan fingerprint density at radius 2 is 1.80 bits per heavy atom. The summed E-state index contributed by atoms with van der Waals surface area (Å²) in [6.45, 7) is 9.39. The fraction of sp³-hybridized carbons (Fsp3) is 0.667. The van der Waals surface area contributed by atoms with Gasteiger partial charge < -0.3 is 5.32 Å². The van der Waals surface area contributed by atoms with Crippen molar-refractivity contribution in [2.45, 2.75) is 51.7 Å². The molecule has 2 nitrogen and oxygen atoms in total. The summed E-state index contributed by atoms with van der Waals surface area (Å²) in [5.41, 5.74) is 1.47. The molecule has 1 heterocycles. The lowest BCUT2D eigenvalue weighted by molar-refractivity contribution is 0.0664. The molecule has 1 saturated heterocycles. The maximum absolute atomic E-state index is 3.77. The van der Waals surface area contributed by atoms with Crippen LogP contribution in [0.4, 0.5) is 0 Å². The van der Waals surface area contributed by atoms with E-state index in [1.54, 1.807) is 0 Å². The molecule has 2 aliphatic rings. The van der Waals surface area contributed by atoms with Crippen molar-refractivity contribution >= 4 is 0 Å². The topological polar surface area (TPSA) is 15.3 Å². The molecule has 2 fully saturated rings. The molecule has 2 heteroatoms. The minimum absolute atomic E-state index is 0.543. The molecule has 0 amide bonds. The van der Waals surface area contributed by atoms with Crippen LogP contribution in [0.2, 0.25) is 0 Å². The highest BCUT2D eigenvalue weighted by Gasteiger charge is 2.39. The predicted molar refractivity (Wildman–Crippen MR) is 84.7 cm³/mol. The van der Waals surface area contributed by atoms with Crippen molar-refractivity contribution in [3.05, 3.63) is 35.9 Å². The highest BCUT2D eigenvalue weighted by molar-refractivity contribution is 5.21. The third-order valence-electron chi connectivity index (χ3n) is 5.20. The first-order valence-corrected chi connectivity index (χ1v) is 8.21. The standard InChI is InChI=1S/C18H28N2/c1-13(2)17-12-20(14(3)15-9-10-15)18(11-19-17)16-7-5-4-6-8-16/h4-8,13-15,17-19H,9-12H2,1-3H3. The summed E-state index contributed by atoms with van der Waals surface area (Å²) >= 11 is 0. The zero-order chi connectivity index (χ0) is 14.1. The van der Waals surface area contributed by atoms with Gasteiger partial charge in [-0.05, 0) is 37.2 Å². The van der Waals surface area contributed by atoms with Crippen molar-refractivity contribution in [2.75, 3.05) is 13.1 Å². The fourth-order valence-electron chi connectivity index (χ4n) is 3.53. The summed E-state index contributed by atoms with van der Waals surface area (Å²) in [6, 6.07) is 12.9. The van der Waals surface area contributed by atoms with Crippen molar-refractivity contribution in [3.63, 3.8) is 0 Å². The lowest BCUT2D eigenvalue weighted by Gasteiger charge is -2.45. The summed E-state index contributed by atoms with van der Waals surface area (Å²) < 4.78 is 0. The largest absolute Gasteiger partial charge is 0.311 e. The first kappa shape index (κ1) is 14.1. The molecule has 1 aliphatic carbocycles. The molecule has 3 rings (SSSR count). The SMILES string of the molecule is CC(C)C1CN(C(C)C2CC2)C(c2ccccc2)CN1. The molecular formula is C18H28N2. The van der Waals surface area contributed by atoms with E-state index in [-0.39, 0.29) is 0 Å². The van der Waals surface area contributed by atoms with Crippen molar-refractivity contribution in [2.24, 2.45) is 11.8 Å². The van der Waals surface area contributed by atoms with Crippen molar-refractivity contribution in [3.8, 4) is 0 Å². The van der Waals surface area contributed by atoms with Crippen LogP contribution in [0.25, 0.3) is 0 Å². The molecular weight excluding hydrogens is 244 g/mol. The van der Waals surface area contributed by atoms with Gasteiger partial charge in [-0.3, -0.25) is 4.90 Å². The lowest BCUT2D eigenvalue weighted by Crippen LogP contribution is -2.57. The molecule has 0 radical (unpaired) electrons. The molecule has 0 spiro atoms. The van der Waals surface area contributed by atoms with Crippen LogP contribution in [0.3, 0.4) is 0 Å². The molecule has 1 saturated carbocycles. The quantitative estimate of drug-likeness (QED) is 0.903. The van der Waals surface area contributed by atoms with Gasteiger partial charge in [0.1, 0.15) is 0 Å². The number of nitrogens with one attached hydrogen (secondary N) is 1. The Balaban J connectivity index is 1.80. The molecule has 20 heavy (non-hydrogen) atoms. The normalized spacial score (nSPS) is 29.6. The Labute approximate surface area is 123 Å². The van der Waals surface area contributed by atoms with Gasteiger partial charge in [0, 0.05) is 31.2 Å². The van der Waals surface area contributed by atoms with E-state index in [0.29, 0.717) is 18.0 Å². The number of piperazine rings is 1. The summed E-state index contributed by atoms with van der Waals surface area (Å²) in [5, 5.41) is 3.77. The summed E-state index contributed by atoms with van der Waals surface area (Å²) in [5.74, 6) is 1.65. The highest BCUT2D eigenvalue weighted by atomic mass is 15.3. The van der Waals surface area contributed by atoms with Crippen LogP contribution in [-0.4, -0.2) is 30.1 Å². The Morgan fingerprint density at radius 1 is 1.10 bits per heavy atom. The van der Waals surface area contributed by atoms with Gasteiger partial charge in [0.15, 0.2) is 0 Å². The van der Waals surface area contributed by atoms with E-state index >= 15 is 0 Å². The molecule has 110 valence electrons. The fourth-order valence-corrected chi connectivity index (χ4v) is 3.53. The smallest absolute Gasteiger partial charge is 0.0476 e. The average molecular weight is 272 g/mol. The molecule has 1 aliphatic heterocycles. The van der Waals surface area contributed by atoms with Crippen LogP contribution in [0.5, 0.6) is 0 Å². The monoisotopic (exact) mass is 272 g/mol. The van der Waals surface area contributed by atoms with Crippen LogP contribution in [0.1, 0.15) is 45.2 Å². The van der Waals surface area contributed by atoms with Gasteiger partial charge in [-0.25, -0.2) is 0 Å². The first-order valence-electron chi connectivity index (χ1n) is 8.21. The maximum Gasteiger partial charge on any atom is 0.0476 e. The second kappa shape index (κ2) is 5.87. The lowest BCUT2D eigenvalue weighted by atomic mass is 9.93. The number of benzene rings is 1. The minimum atomic E-state index is 0.543. The van der Waals surface area contributed by atoms with Gasteiger partial charge in [0.2, 0.25) is 0 Å². The van der Waals surface area contributed by atoms with E-state index in [1.165, 1.54) is 24.9 Å². The minimum Gasteiger partial charge on any atom is -0.311 e. The van der Waals surface area contributed by atoms with Crippen molar-refractivity contribution in [1.29, 1.82) is 0 Å². The molecule has 3 unspecified atom stereocenters. The van der Waals surface area contributed by atoms with Gasteiger partial charge in [-0.2, -0.15) is 0 Å². The zero-order valence-corrected chi connectivity index (χ0v) is 13.0. The molecule has 1 aromatic rings. The Hall–Kier alpha value is -0.860. The molecule has 1 N–H and O–H groups in total. The van der Waals surface area contributed by atoms with Crippen LogP contribution >= 0.6 is 0 Å². The van der Waals surface area contributed by atoms with Crippen molar-refractivity contribution in [1.82, 2.24) is 10.2 Å². The van der Waals surface area contributed by atoms with E-state index in [0.717, 1.165) is 18.5 Å². The number of nitrogens with zero attached hydrogens (tertiary/aromatic N) is 1. The van der Waals surface area contributed by atoms with E-state index in [9.17, 15) is 0 Å². The Kier molecular flexibility index (Phi) is 4.13. The summed E-state index contributed by atoms with van der Waals surface area (Å²) in [4.78, 5) is 2.77. The number of hydrogen-bond donors (Lipinski definition) is 1. The summed E-state index contributed by atoms with van der Waals surface area (Å²) in [6.07, 6.45) is 2.86. The van der Waals surface area contributed by atoms with Crippen LogP contribution < -0.4 is 5.32 Å². The third-order valence-corrected chi connectivity index (χ3v) is 5.20. The maximum atomic E-state index is 3.77. The number of hydrogen-bond acceptors (Lipinski definition) is 2. The van der Waals surface area contributed by atoms with Crippen molar-refractivity contribution < 1.29 is 0 Å². The van der Waals surface area contributed by atoms with Gasteiger partial charge >= 0.3 is 0 Å². The first-order chi connectivity index (χ1) is 9.66. The Morgan fingerprint density at radius 3 is 2.40 bits per heavy atom. The summed E-state index contributed by atoms with van der Waals surface area (Å²) in [7, 11) is 0. The van der Waals surface area contributed by atoms with E-state index in [4.69, 9.17) is 0 Å². The van der Waals surface area contributed by atoms with Gasteiger partial charge in [0.25, 0.3) is 0 Å². The van der Waals surface area contributed by atoms with Crippen LogP contribution in [0.15, 0.2) is 30.3 Å². The molecule has 0 bridgehead atoms. The highest BCUT2D eigenvalue weighted by Crippen LogP contribution is 2.39. The molecule has 0 aromatic heterocycles. The van der Waals surface area contributed by atoms with Gasteiger partial charge in [-0.1, -0.05) is 44.2 Å². The van der Waals surface area contributed by atoms with Crippen LogP contribution in [-0.2, 0) is 0 Å². The number of rotatable bonds is 4. The average Bonchev–Trinajstić information content (AvgIpc) is 3.31. The van der Waals surface area contributed by atoms with Crippen LogP contribution in [0, 0.1) is 11.8 Å². The second-order valence-electron chi connectivity index (χ2n) is 6.96. The van der Waals surface area contributed by atoms with E-state index in [2.05, 4.69) is 61.3 Å². The van der Waals surface area contributed by atoms with Gasteiger partial charge in [-0.15, -0.1) is 0 Å².